The minimum atomic E-state index is -0.295. The molecule has 0 fully saturated rings. The zero-order valence-electron chi connectivity index (χ0n) is 11.9. The van der Waals surface area contributed by atoms with Crippen molar-refractivity contribution in [3.05, 3.63) is 59.4 Å². The maximum absolute atomic E-state index is 14.2. The van der Waals surface area contributed by atoms with E-state index in [1.54, 1.807) is 30.0 Å². The van der Waals surface area contributed by atoms with Gasteiger partial charge in [-0.25, -0.2) is 4.39 Å². The SMILES string of the molecule is COc1cccc(CC(N)C2Cc3ccccc3S2)c1F. The van der Waals surface area contributed by atoms with Gasteiger partial charge in [0.1, 0.15) is 0 Å². The molecular formula is C17H18FNOS. The highest BCUT2D eigenvalue weighted by atomic mass is 32.2. The lowest BCUT2D eigenvalue weighted by Crippen LogP contribution is -2.34. The Balaban J connectivity index is 1.72. The third kappa shape index (κ3) is 2.92. The molecule has 1 heterocycles. The van der Waals surface area contributed by atoms with Crippen molar-refractivity contribution < 1.29 is 9.13 Å². The van der Waals surface area contributed by atoms with E-state index in [2.05, 4.69) is 18.2 Å². The molecule has 110 valence electrons. The van der Waals surface area contributed by atoms with E-state index in [4.69, 9.17) is 10.5 Å². The van der Waals surface area contributed by atoms with E-state index < -0.39 is 0 Å². The average Bonchev–Trinajstić information content (AvgIpc) is 2.93. The first-order chi connectivity index (χ1) is 10.2. The summed E-state index contributed by atoms with van der Waals surface area (Å²) in [6.07, 6.45) is 1.47. The maximum Gasteiger partial charge on any atom is 0.168 e. The Morgan fingerprint density at radius 1 is 1.29 bits per heavy atom. The van der Waals surface area contributed by atoms with Gasteiger partial charge in [-0.15, -0.1) is 11.8 Å². The van der Waals surface area contributed by atoms with Crippen molar-refractivity contribution in [2.24, 2.45) is 5.73 Å². The van der Waals surface area contributed by atoms with Gasteiger partial charge in [-0.05, 0) is 36.1 Å². The number of methoxy groups -OCH3 is 1. The molecule has 0 spiro atoms. The van der Waals surface area contributed by atoms with Gasteiger partial charge in [0.05, 0.1) is 7.11 Å². The first kappa shape index (κ1) is 14.4. The van der Waals surface area contributed by atoms with Crippen molar-refractivity contribution in [2.45, 2.75) is 29.0 Å². The van der Waals surface area contributed by atoms with Crippen LogP contribution in [-0.4, -0.2) is 18.4 Å². The number of ether oxygens (including phenoxy) is 1. The highest BCUT2D eigenvalue weighted by Crippen LogP contribution is 2.38. The van der Waals surface area contributed by atoms with Gasteiger partial charge in [0.15, 0.2) is 11.6 Å². The highest BCUT2D eigenvalue weighted by Gasteiger charge is 2.28. The standard InChI is InChI=1S/C17H18FNOS/c1-20-14-7-4-6-12(17(14)18)9-13(19)16-10-11-5-2-3-8-15(11)21-16/h2-8,13,16H,9-10,19H2,1H3. The molecule has 0 radical (unpaired) electrons. The van der Waals surface area contributed by atoms with Crippen LogP contribution in [0.15, 0.2) is 47.4 Å². The smallest absolute Gasteiger partial charge is 0.168 e. The van der Waals surface area contributed by atoms with Crippen LogP contribution in [0.3, 0.4) is 0 Å². The molecule has 2 atom stereocenters. The van der Waals surface area contributed by atoms with Gasteiger partial charge in [0.25, 0.3) is 0 Å². The Labute approximate surface area is 128 Å². The van der Waals surface area contributed by atoms with Crippen LogP contribution in [0.25, 0.3) is 0 Å². The summed E-state index contributed by atoms with van der Waals surface area (Å²) in [6.45, 7) is 0. The molecule has 2 aromatic carbocycles. The summed E-state index contributed by atoms with van der Waals surface area (Å²) < 4.78 is 19.2. The lowest BCUT2D eigenvalue weighted by molar-refractivity contribution is 0.383. The fourth-order valence-corrected chi connectivity index (χ4v) is 4.02. The van der Waals surface area contributed by atoms with E-state index in [9.17, 15) is 4.39 Å². The lowest BCUT2D eigenvalue weighted by atomic mass is 9.99. The van der Waals surface area contributed by atoms with Crippen LogP contribution in [0, 0.1) is 5.82 Å². The fraction of sp³-hybridized carbons (Fsp3) is 0.294. The van der Waals surface area contributed by atoms with Gasteiger partial charge in [-0.3, -0.25) is 0 Å². The lowest BCUT2D eigenvalue weighted by Gasteiger charge is -2.19. The number of rotatable bonds is 4. The molecule has 2 nitrogen and oxygen atoms in total. The fourth-order valence-electron chi connectivity index (χ4n) is 2.70. The molecular weight excluding hydrogens is 285 g/mol. The van der Waals surface area contributed by atoms with Crippen molar-refractivity contribution in [3.63, 3.8) is 0 Å². The topological polar surface area (TPSA) is 35.2 Å². The van der Waals surface area contributed by atoms with Crippen LogP contribution in [0.2, 0.25) is 0 Å². The third-order valence-corrected chi connectivity index (χ3v) is 5.34. The van der Waals surface area contributed by atoms with Crippen LogP contribution < -0.4 is 10.5 Å². The van der Waals surface area contributed by atoms with Gasteiger partial charge in [0.2, 0.25) is 0 Å². The van der Waals surface area contributed by atoms with Gasteiger partial charge >= 0.3 is 0 Å². The number of benzene rings is 2. The summed E-state index contributed by atoms with van der Waals surface area (Å²) >= 11 is 1.80. The van der Waals surface area contributed by atoms with Crippen molar-refractivity contribution in [3.8, 4) is 5.75 Å². The number of nitrogens with two attached hydrogens (primary N) is 1. The summed E-state index contributed by atoms with van der Waals surface area (Å²) in [6, 6.07) is 13.5. The zero-order chi connectivity index (χ0) is 14.8. The zero-order valence-corrected chi connectivity index (χ0v) is 12.7. The monoisotopic (exact) mass is 303 g/mol. The number of halogens is 1. The van der Waals surface area contributed by atoms with Crippen molar-refractivity contribution in [1.29, 1.82) is 0 Å². The Hall–Kier alpha value is -1.52. The normalized spacial score (nSPS) is 18.3. The van der Waals surface area contributed by atoms with Gasteiger partial charge < -0.3 is 10.5 Å². The second-order valence-corrected chi connectivity index (χ2v) is 6.55. The summed E-state index contributed by atoms with van der Waals surface area (Å²) in [5, 5.41) is 0.299. The van der Waals surface area contributed by atoms with Crippen LogP contribution >= 0.6 is 11.8 Å². The number of fused-ring (bicyclic) bond motifs is 1. The van der Waals surface area contributed by atoms with E-state index in [1.807, 2.05) is 6.07 Å². The maximum atomic E-state index is 14.2. The first-order valence-electron chi connectivity index (χ1n) is 7.00. The quantitative estimate of drug-likeness (QED) is 0.940. The second-order valence-electron chi connectivity index (χ2n) is 5.27. The van der Waals surface area contributed by atoms with E-state index >= 15 is 0 Å². The molecule has 3 rings (SSSR count). The second kappa shape index (κ2) is 6.08. The summed E-state index contributed by atoms with van der Waals surface area (Å²) in [4.78, 5) is 1.30. The van der Waals surface area contributed by atoms with Crippen LogP contribution in [0.5, 0.6) is 5.75 Å². The van der Waals surface area contributed by atoms with Crippen molar-refractivity contribution in [2.75, 3.05) is 7.11 Å². The minimum Gasteiger partial charge on any atom is -0.494 e. The molecule has 2 unspecified atom stereocenters. The molecule has 1 aliphatic rings. The molecule has 1 aliphatic heterocycles. The van der Waals surface area contributed by atoms with E-state index in [-0.39, 0.29) is 17.6 Å². The molecule has 21 heavy (non-hydrogen) atoms. The number of hydrogen-bond acceptors (Lipinski definition) is 3. The summed E-state index contributed by atoms with van der Waals surface area (Å²) in [5.74, 6) is -0.0157. The predicted octanol–water partition coefficient (Wildman–Crippen LogP) is 3.42. The molecule has 0 saturated carbocycles. The largest absolute Gasteiger partial charge is 0.494 e. The Morgan fingerprint density at radius 2 is 2.10 bits per heavy atom. The third-order valence-electron chi connectivity index (χ3n) is 3.87. The molecule has 2 aromatic rings. The minimum absolute atomic E-state index is 0.0796. The highest BCUT2D eigenvalue weighted by molar-refractivity contribution is 8.00. The molecule has 0 saturated heterocycles. The van der Waals surface area contributed by atoms with E-state index in [1.165, 1.54) is 17.6 Å². The van der Waals surface area contributed by atoms with Gasteiger partial charge in [0, 0.05) is 16.2 Å². The number of hydrogen-bond donors (Lipinski definition) is 1. The van der Waals surface area contributed by atoms with Crippen molar-refractivity contribution in [1.82, 2.24) is 0 Å². The molecule has 0 amide bonds. The summed E-state index contributed by atoms with van der Waals surface area (Å²) in [7, 11) is 1.48. The molecule has 2 N–H and O–H groups in total. The Morgan fingerprint density at radius 3 is 2.86 bits per heavy atom. The van der Waals surface area contributed by atoms with E-state index in [0.717, 1.165) is 6.42 Å². The molecule has 0 aromatic heterocycles. The van der Waals surface area contributed by atoms with Gasteiger partial charge in [-0.2, -0.15) is 0 Å². The molecule has 4 heteroatoms. The average molecular weight is 303 g/mol. The number of thioether (sulfide) groups is 1. The van der Waals surface area contributed by atoms with Crippen LogP contribution in [0.1, 0.15) is 11.1 Å². The van der Waals surface area contributed by atoms with Crippen LogP contribution in [0.4, 0.5) is 4.39 Å². The van der Waals surface area contributed by atoms with E-state index in [0.29, 0.717) is 17.2 Å². The van der Waals surface area contributed by atoms with Gasteiger partial charge in [-0.1, -0.05) is 30.3 Å². The summed E-state index contributed by atoms with van der Waals surface area (Å²) in [5.41, 5.74) is 8.29. The van der Waals surface area contributed by atoms with Crippen LogP contribution in [-0.2, 0) is 12.8 Å². The molecule has 0 bridgehead atoms. The molecule has 0 aliphatic carbocycles. The van der Waals surface area contributed by atoms with Crippen molar-refractivity contribution >= 4 is 11.8 Å². The first-order valence-corrected chi connectivity index (χ1v) is 7.88. The predicted molar refractivity (Wildman–Crippen MR) is 84.4 cm³/mol. The Bertz CT molecular complexity index is 621. The Kier molecular flexibility index (Phi) is 4.17.